The highest BCUT2D eigenvalue weighted by Gasteiger charge is 2.11. The minimum Gasteiger partial charge on any atom is -0.390 e. The van der Waals surface area contributed by atoms with Crippen molar-refractivity contribution >= 4 is 0 Å². The van der Waals surface area contributed by atoms with Gasteiger partial charge < -0.3 is 15.3 Å². The minimum atomic E-state index is -0.337. The number of hydrogen-bond acceptors (Lipinski definition) is 4. The molecule has 0 radical (unpaired) electrons. The first-order valence-corrected chi connectivity index (χ1v) is 6.72. The number of hydrogen-bond donors (Lipinski definition) is 2. The summed E-state index contributed by atoms with van der Waals surface area (Å²) in [7, 11) is 0. The van der Waals surface area contributed by atoms with Gasteiger partial charge >= 0.3 is 0 Å². The molecule has 0 aliphatic carbocycles. The summed E-state index contributed by atoms with van der Waals surface area (Å²) >= 11 is 0. The number of pyridine rings is 1. The topological polar surface area (TPSA) is 48.4 Å². The molecule has 4 nitrogen and oxygen atoms in total. The Morgan fingerprint density at radius 2 is 2.06 bits per heavy atom. The lowest BCUT2D eigenvalue weighted by Gasteiger charge is -2.23. The molecule has 2 N–H and O–H groups in total. The second kappa shape index (κ2) is 8.19. The highest BCUT2D eigenvalue weighted by atomic mass is 16.3. The lowest BCUT2D eigenvalue weighted by atomic mass is 10.2. The highest BCUT2D eigenvalue weighted by molar-refractivity contribution is 5.07. The number of nitrogens with one attached hydrogen (secondary N) is 1. The predicted molar refractivity (Wildman–Crippen MR) is 74.4 cm³/mol. The number of aliphatic hydroxyl groups is 1. The van der Waals surface area contributed by atoms with E-state index in [9.17, 15) is 5.11 Å². The Kier molecular flexibility index (Phi) is 6.86. The smallest absolute Gasteiger partial charge is 0.0791 e. The monoisotopic (exact) mass is 251 g/mol. The molecule has 0 aliphatic rings. The zero-order valence-corrected chi connectivity index (χ0v) is 11.6. The predicted octanol–water partition coefficient (Wildman–Crippen LogP) is 1.43. The van der Waals surface area contributed by atoms with Crippen LogP contribution in [0.3, 0.4) is 0 Å². The fourth-order valence-electron chi connectivity index (χ4n) is 1.89. The molecule has 0 saturated heterocycles. The Bertz CT molecular complexity index is 314. The van der Waals surface area contributed by atoms with Crippen LogP contribution in [0.15, 0.2) is 24.4 Å². The molecular formula is C14H25N3O. The molecule has 0 aromatic carbocycles. The molecule has 0 amide bonds. The maximum absolute atomic E-state index is 9.95. The van der Waals surface area contributed by atoms with E-state index in [2.05, 4.69) is 36.0 Å². The van der Waals surface area contributed by atoms with Gasteiger partial charge in [0.15, 0.2) is 0 Å². The van der Waals surface area contributed by atoms with Crippen LogP contribution in [0.2, 0.25) is 0 Å². The van der Waals surface area contributed by atoms with Crippen LogP contribution in [-0.2, 0) is 0 Å². The normalized spacial score (nSPS) is 14.7. The maximum atomic E-state index is 9.95. The van der Waals surface area contributed by atoms with Crippen LogP contribution >= 0.6 is 0 Å². The largest absolute Gasteiger partial charge is 0.390 e. The van der Waals surface area contributed by atoms with Crippen molar-refractivity contribution in [3.05, 3.63) is 30.1 Å². The molecule has 0 fully saturated rings. The van der Waals surface area contributed by atoms with Gasteiger partial charge in [-0.1, -0.05) is 19.9 Å². The van der Waals surface area contributed by atoms with Crippen LogP contribution in [0, 0.1) is 0 Å². The van der Waals surface area contributed by atoms with E-state index in [1.165, 1.54) is 0 Å². The Morgan fingerprint density at radius 3 is 2.61 bits per heavy atom. The Hall–Kier alpha value is -0.970. The molecule has 0 bridgehead atoms. The van der Waals surface area contributed by atoms with Gasteiger partial charge in [-0.15, -0.1) is 0 Å². The van der Waals surface area contributed by atoms with Crippen LogP contribution in [0.4, 0.5) is 0 Å². The van der Waals surface area contributed by atoms with Crippen LogP contribution < -0.4 is 5.32 Å². The quantitative estimate of drug-likeness (QED) is 0.734. The third-order valence-electron chi connectivity index (χ3n) is 3.15. The zero-order chi connectivity index (χ0) is 13.4. The van der Waals surface area contributed by atoms with Crippen molar-refractivity contribution < 1.29 is 5.11 Å². The van der Waals surface area contributed by atoms with E-state index in [0.717, 1.165) is 25.3 Å². The minimum absolute atomic E-state index is 0.164. The fourth-order valence-corrected chi connectivity index (χ4v) is 1.89. The lowest BCUT2D eigenvalue weighted by Crippen LogP contribution is -2.39. The Balaban J connectivity index is 2.32. The van der Waals surface area contributed by atoms with Crippen LogP contribution in [-0.4, -0.2) is 47.3 Å². The maximum Gasteiger partial charge on any atom is 0.0791 e. The second-order valence-electron chi connectivity index (χ2n) is 4.52. The zero-order valence-electron chi connectivity index (χ0n) is 11.6. The summed E-state index contributed by atoms with van der Waals surface area (Å²) in [5.41, 5.74) is 1.01. The standard InChI is InChI=1S/C14H25N3O/c1-4-17(5-2)11-13(18)10-16-12(3)14-8-6-7-9-15-14/h6-9,12-13,16,18H,4-5,10-11H2,1-3H3/t12-,13?/m1/s1. The van der Waals surface area contributed by atoms with Gasteiger partial charge in [0.2, 0.25) is 0 Å². The molecular weight excluding hydrogens is 226 g/mol. The number of nitrogens with zero attached hydrogens (tertiary/aromatic N) is 2. The van der Waals surface area contributed by atoms with Crippen LogP contribution in [0.1, 0.15) is 32.5 Å². The third-order valence-corrected chi connectivity index (χ3v) is 3.15. The van der Waals surface area contributed by atoms with Crippen molar-refractivity contribution in [1.29, 1.82) is 0 Å². The Morgan fingerprint density at radius 1 is 1.33 bits per heavy atom. The molecule has 1 rings (SSSR count). The summed E-state index contributed by atoms with van der Waals surface area (Å²) in [6, 6.07) is 6.05. The molecule has 1 aromatic heterocycles. The van der Waals surface area contributed by atoms with Gasteiger partial charge in [0.1, 0.15) is 0 Å². The summed E-state index contributed by atoms with van der Waals surface area (Å²) in [5, 5.41) is 13.3. The van der Waals surface area contributed by atoms with Crippen molar-refractivity contribution in [2.75, 3.05) is 26.2 Å². The third kappa shape index (κ3) is 5.12. The highest BCUT2D eigenvalue weighted by Crippen LogP contribution is 2.07. The van der Waals surface area contributed by atoms with Crippen LogP contribution in [0.5, 0.6) is 0 Å². The van der Waals surface area contributed by atoms with E-state index in [1.807, 2.05) is 18.2 Å². The first-order valence-electron chi connectivity index (χ1n) is 6.72. The number of rotatable bonds is 8. The van der Waals surface area contributed by atoms with Gasteiger partial charge in [0.25, 0.3) is 0 Å². The number of aliphatic hydroxyl groups excluding tert-OH is 1. The van der Waals surface area contributed by atoms with Crippen molar-refractivity contribution in [2.45, 2.75) is 32.9 Å². The second-order valence-corrected chi connectivity index (χ2v) is 4.52. The van der Waals surface area contributed by atoms with E-state index in [4.69, 9.17) is 0 Å². The molecule has 4 heteroatoms. The van der Waals surface area contributed by atoms with Gasteiger partial charge in [-0.05, 0) is 32.1 Å². The fraction of sp³-hybridized carbons (Fsp3) is 0.643. The molecule has 1 unspecified atom stereocenters. The molecule has 18 heavy (non-hydrogen) atoms. The van der Waals surface area contributed by atoms with Crippen molar-refractivity contribution in [2.24, 2.45) is 0 Å². The van der Waals surface area contributed by atoms with Crippen LogP contribution in [0.25, 0.3) is 0 Å². The van der Waals surface area contributed by atoms with E-state index >= 15 is 0 Å². The molecule has 0 aliphatic heterocycles. The number of aromatic nitrogens is 1. The van der Waals surface area contributed by atoms with E-state index in [-0.39, 0.29) is 12.1 Å². The summed E-state index contributed by atoms with van der Waals surface area (Å²) in [5.74, 6) is 0. The summed E-state index contributed by atoms with van der Waals surface area (Å²) in [4.78, 5) is 6.52. The molecule has 102 valence electrons. The molecule has 1 aromatic rings. The first kappa shape index (κ1) is 15.1. The van der Waals surface area contributed by atoms with E-state index in [1.54, 1.807) is 6.20 Å². The average molecular weight is 251 g/mol. The molecule has 0 spiro atoms. The lowest BCUT2D eigenvalue weighted by molar-refractivity contribution is 0.114. The first-order chi connectivity index (χ1) is 8.67. The van der Waals surface area contributed by atoms with Gasteiger partial charge in [0.05, 0.1) is 11.8 Å². The van der Waals surface area contributed by atoms with E-state index < -0.39 is 0 Å². The van der Waals surface area contributed by atoms with Gasteiger partial charge in [-0.25, -0.2) is 0 Å². The average Bonchev–Trinajstić information content (AvgIpc) is 2.43. The molecule has 1 heterocycles. The van der Waals surface area contributed by atoms with Gasteiger partial charge in [0, 0.05) is 25.3 Å². The van der Waals surface area contributed by atoms with Gasteiger partial charge in [-0.3, -0.25) is 4.98 Å². The molecule has 0 saturated carbocycles. The molecule has 2 atom stereocenters. The summed E-state index contributed by atoms with van der Waals surface area (Å²) < 4.78 is 0. The van der Waals surface area contributed by atoms with Crippen molar-refractivity contribution in [3.63, 3.8) is 0 Å². The van der Waals surface area contributed by atoms with Gasteiger partial charge in [-0.2, -0.15) is 0 Å². The van der Waals surface area contributed by atoms with Crippen molar-refractivity contribution in [3.8, 4) is 0 Å². The van der Waals surface area contributed by atoms with E-state index in [0.29, 0.717) is 6.54 Å². The van der Waals surface area contributed by atoms with Crippen molar-refractivity contribution in [1.82, 2.24) is 15.2 Å². The Labute approximate surface area is 110 Å². The number of likely N-dealkylation sites (N-methyl/N-ethyl adjacent to an activating group) is 1. The SMILES string of the molecule is CCN(CC)CC(O)CN[C@H](C)c1ccccn1. The summed E-state index contributed by atoms with van der Waals surface area (Å²) in [6.07, 6.45) is 1.45. The summed E-state index contributed by atoms with van der Waals surface area (Å²) in [6.45, 7) is 9.54.